The summed E-state index contributed by atoms with van der Waals surface area (Å²) in [7, 11) is 0. The highest BCUT2D eigenvalue weighted by atomic mass is 79.9. The number of aryl methyl sites for hydroxylation is 2. The second-order valence-corrected chi connectivity index (χ2v) is 8.90. The van der Waals surface area contributed by atoms with Gasteiger partial charge < -0.3 is 10.1 Å². The van der Waals surface area contributed by atoms with Crippen LogP contribution in [-0.4, -0.2) is 5.91 Å². The van der Waals surface area contributed by atoms with Gasteiger partial charge in [-0.05, 0) is 77.3 Å². The Hall–Kier alpha value is -2.78. The average molecular weight is 530 g/mol. The zero-order valence-corrected chi connectivity index (χ0v) is 20.5. The van der Waals surface area contributed by atoms with Crippen LogP contribution in [0.4, 0.5) is 5.69 Å². The minimum absolute atomic E-state index is 0.0492. The van der Waals surface area contributed by atoms with Gasteiger partial charge in [-0.3, -0.25) is 4.79 Å². The van der Waals surface area contributed by atoms with E-state index in [-0.39, 0.29) is 5.57 Å². The van der Waals surface area contributed by atoms with E-state index >= 15 is 0 Å². The van der Waals surface area contributed by atoms with Gasteiger partial charge in [-0.15, -0.1) is 0 Å². The monoisotopic (exact) mass is 528 g/mol. The van der Waals surface area contributed by atoms with Crippen LogP contribution in [0.25, 0.3) is 6.08 Å². The number of nitriles is 1. The Balaban J connectivity index is 1.72. The highest BCUT2D eigenvalue weighted by molar-refractivity contribution is 9.10. The summed E-state index contributed by atoms with van der Waals surface area (Å²) in [5.74, 6) is 0.122. The molecule has 0 fully saturated rings. The van der Waals surface area contributed by atoms with Gasteiger partial charge in [0.2, 0.25) is 0 Å². The SMILES string of the molecule is Cc1cc(C)cc(COc2ccc(/C=C(\C#N)C(=O)Nc3ccc(Cl)c(Cl)c3)cc2Br)c1. The summed E-state index contributed by atoms with van der Waals surface area (Å²) >= 11 is 15.4. The van der Waals surface area contributed by atoms with Gasteiger partial charge in [0, 0.05) is 5.69 Å². The Bertz CT molecular complexity index is 1230. The van der Waals surface area contributed by atoms with Crippen molar-refractivity contribution in [3.8, 4) is 11.8 Å². The van der Waals surface area contributed by atoms with Gasteiger partial charge in [0.1, 0.15) is 24.0 Å². The summed E-state index contributed by atoms with van der Waals surface area (Å²) in [6.07, 6.45) is 1.51. The molecule has 0 aromatic heterocycles. The second-order valence-electron chi connectivity index (χ2n) is 7.23. The first-order chi connectivity index (χ1) is 15.2. The van der Waals surface area contributed by atoms with Gasteiger partial charge in [0.05, 0.1) is 14.5 Å². The van der Waals surface area contributed by atoms with E-state index in [2.05, 4.69) is 53.3 Å². The van der Waals surface area contributed by atoms with Crippen molar-refractivity contribution in [3.63, 3.8) is 0 Å². The molecule has 7 heteroatoms. The first-order valence-electron chi connectivity index (χ1n) is 9.63. The zero-order chi connectivity index (χ0) is 23.3. The molecule has 1 amide bonds. The van der Waals surface area contributed by atoms with Crippen LogP contribution in [0.1, 0.15) is 22.3 Å². The Kier molecular flexibility index (Phi) is 7.98. The number of anilines is 1. The lowest BCUT2D eigenvalue weighted by Gasteiger charge is -2.10. The van der Waals surface area contributed by atoms with E-state index in [0.717, 1.165) is 10.0 Å². The van der Waals surface area contributed by atoms with Crippen LogP contribution in [-0.2, 0) is 11.4 Å². The normalized spacial score (nSPS) is 11.1. The highest BCUT2D eigenvalue weighted by Gasteiger charge is 2.11. The molecule has 0 saturated heterocycles. The Morgan fingerprint density at radius 3 is 2.41 bits per heavy atom. The molecule has 4 nitrogen and oxygen atoms in total. The van der Waals surface area contributed by atoms with Crippen molar-refractivity contribution in [1.29, 1.82) is 5.26 Å². The van der Waals surface area contributed by atoms with Crippen molar-refractivity contribution >= 4 is 56.8 Å². The average Bonchev–Trinajstić information content (AvgIpc) is 2.73. The number of carbonyl (C=O) groups is 1. The number of rotatable bonds is 6. The molecule has 0 radical (unpaired) electrons. The van der Waals surface area contributed by atoms with Crippen LogP contribution in [0.2, 0.25) is 10.0 Å². The first kappa shape index (κ1) is 23.9. The third-order valence-electron chi connectivity index (χ3n) is 4.49. The van der Waals surface area contributed by atoms with Crippen LogP contribution < -0.4 is 10.1 Å². The minimum atomic E-state index is -0.544. The largest absolute Gasteiger partial charge is 0.488 e. The molecule has 3 aromatic carbocycles. The van der Waals surface area contributed by atoms with E-state index in [1.165, 1.54) is 23.3 Å². The molecular weight excluding hydrogens is 511 g/mol. The second kappa shape index (κ2) is 10.7. The molecule has 0 atom stereocenters. The number of carbonyl (C=O) groups excluding carboxylic acids is 1. The van der Waals surface area contributed by atoms with Crippen molar-refractivity contribution in [2.24, 2.45) is 0 Å². The van der Waals surface area contributed by atoms with Gasteiger partial charge in [-0.1, -0.05) is 58.6 Å². The fraction of sp³-hybridized carbons (Fsp3) is 0.120. The molecule has 0 aliphatic carbocycles. The smallest absolute Gasteiger partial charge is 0.266 e. The fourth-order valence-corrected chi connectivity index (χ4v) is 3.93. The van der Waals surface area contributed by atoms with Crippen molar-refractivity contribution in [2.75, 3.05) is 5.32 Å². The summed E-state index contributed by atoms with van der Waals surface area (Å²) in [4.78, 5) is 12.5. The van der Waals surface area contributed by atoms with E-state index in [1.807, 2.05) is 6.07 Å². The van der Waals surface area contributed by atoms with Crippen molar-refractivity contribution in [3.05, 3.63) is 96.9 Å². The molecule has 0 heterocycles. The molecule has 32 heavy (non-hydrogen) atoms. The third kappa shape index (κ3) is 6.37. The summed E-state index contributed by atoms with van der Waals surface area (Å²) in [5.41, 5.74) is 4.53. The Morgan fingerprint density at radius 1 is 1.06 bits per heavy atom. The highest BCUT2D eigenvalue weighted by Crippen LogP contribution is 2.28. The van der Waals surface area contributed by atoms with Crippen molar-refractivity contribution in [1.82, 2.24) is 0 Å². The number of benzene rings is 3. The number of halogens is 3. The summed E-state index contributed by atoms with van der Waals surface area (Å²) in [5, 5.41) is 12.8. The predicted octanol–water partition coefficient (Wildman–Crippen LogP) is 7.50. The van der Waals surface area contributed by atoms with Crippen molar-refractivity contribution < 1.29 is 9.53 Å². The van der Waals surface area contributed by atoms with Crippen LogP contribution in [0.15, 0.2) is 64.6 Å². The molecule has 0 aliphatic rings. The van der Waals surface area contributed by atoms with Gasteiger partial charge in [0.25, 0.3) is 5.91 Å². The third-order valence-corrected chi connectivity index (χ3v) is 5.84. The molecule has 3 rings (SSSR count). The maximum absolute atomic E-state index is 12.5. The predicted molar refractivity (Wildman–Crippen MR) is 133 cm³/mol. The lowest BCUT2D eigenvalue weighted by Crippen LogP contribution is -2.13. The molecule has 0 bridgehead atoms. The molecule has 1 N–H and O–H groups in total. The summed E-state index contributed by atoms with van der Waals surface area (Å²) in [6.45, 7) is 4.54. The molecule has 0 spiro atoms. The lowest BCUT2D eigenvalue weighted by molar-refractivity contribution is -0.112. The van der Waals surface area contributed by atoms with E-state index in [0.29, 0.717) is 33.7 Å². The topological polar surface area (TPSA) is 62.1 Å². The van der Waals surface area contributed by atoms with Crippen LogP contribution in [0, 0.1) is 25.2 Å². The number of nitrogens with one attached hydrogen (secondary N) is 1. The number of hydrogen-bond donors (Lipinski definition) is 1. The summed E-state index contributed by atoms with van der Waals surface area (Å²) < 4.78 is 6.65. The van der Waals surface area contributed by atoms with E-state index in [9.17, 15) is 10.1 Å². The van der Waals surface area contributed by atoms with Gasteiger partial charge in [-0.25, -0.2) is 0 Å². The Morgan fingerprint density at radius 2 is 1.78 bits per heavy atom. The minimum Gasteiger partial charge on any atom is -0.488 e. The maximum atomic E-state index is 12.5. The van der Waals surface area contributed by atoms with Gasteiger partial charge >= 0.3 is 0 Å². The zero-order valence-electron chi connectivity index (χ0n) is 17.4. The van der Waals surface area contributed by atoms with Gasteiger partial charge in [0.15, 0.2) is 0 Å². The van der Waals surface area contributed by atoms with E-state index in [1.54, 1.807) is 30.3 Å². The standard InChI is InChI=1S/C25H19BrCl2N2O2/c1-15-7-16(2)9-18(8-15)14-32-24-6-3-17(11-21(24)26)10-19(13-29)25(31)30-20-4-5-22(27)23(28)12-20/h3-12H,14H2,1-2H3,(H,30,31)/b19-10+. The molecule has 0 saturated carbocycles. The molecule has 0 aliphatic heterocycles. The van der Waals surface area contributed by atoms with Gasteiger partial charge in [-0.2, -0.15) is 5.26 Å². The van der Waals surface area contributed by atoms with Crippen LogP contribution in [0.5, 0.6) is 5.75 Å². The van der Waals surface area contributed by atoms with Crippen LogP contribution in [0.3, 0.4) is 0 Å². The molecular formula is C25H19BrCl2N2O2. The number of hydrogen-bond acceptors (Lipinski definition) is 3. The Labute approximate surface area is 205 Å². The molecule has 0 unspecified atom stereocenters. The lowest BCUT2D eigenvalue weighted by atomic mass is 10.1. The quantitative estimate of drug-likeness (QED) is 0.265. The number of ether oxygens (including phenoxy) is 1. The van der Waals surface area contributed by atoms with E-state index in [4.69, 9.17) is 27.9 Å². The van der Waals surface area contributed by atoms with Crippen LogP contribution >= 0.6 is 39.1 Å². The summed E-state index contributed by atoms with van der Waals surface area (Å²) in [6, 6.07) is 18.3. The maximum Gasteiger partial charge on any atom is 0.266 e. The number of amides is 1. The van der Waals surface area contributed by atoms with E-state index < -0.39 is 5.91 Å². The number of nitrogens with zero attached hydrogens (tertiary/aromatic N) is 1. The fourth-order valence-electron chi connectivity index (χ4n) is 3.12. The van der Waals surface area contributed by atoms with Crippen molar-refractivity contribution in [2.45, 2.75) is 20.5 Å². The molecule has 3 aromatic rings. The first-order valence-corrected chi connectivity index (χ1v) is 11.2. The molecule has 162 valence electrons.